The molecule has 1 heterocycles. The van der Waals surface area contributed by atoms with Crippen molar-refractivity contribution < 1.29 is 9.59 Å². The van der Waals surface area contributed by atoms with Gasteiger partial charge in [-0.05, 0) is 18.8 Å². The lowest BCUT2D eigenvalue weighted by Crippen LogP contribution is -2.44. The van der Waals surface area contributed by atoms with Crippen molar-refractivity contribution in [1.29, 1.82) is 0 Å². The molecule has 1 aliphatic heterocycles. The summed E-state index contributed by atoms with van der Waals surface area (Å²) in [5.74, 6) is 0.780. The predicted molar refractivity (Wildman–Crippen MR) is 67.4 cm³/mol. The van der Waals surface area contributed by atoms with Crippen LogP contribution in [0.1, 0.15) is 40.0 Å². The summed E-state index contributed by atoms with van der Waals surface area (Å²) in [6.45, 7) is 8.05. The highest BCUT2D eigenvalue weighted by molar-refractivity contribution is 5.78. The van der Waals surface area contributed by atoms with Gasteiger partial charge in [0.25, 0.3) is 0 Å². The largest absolute Gasteiger partial charge is 0.356 e. The van der Waals surface area contributed by atoms with Crippen LogP contribution in [0, 0.1) is 11.8 Å². The first-order valence-corrected chi connectivity index (χ1v) is 6.60. The topological polar surface area (TPSA) is 49.4 Å². The van der Waals surface area contributed by atoms with Crippen LogP contribution in [0.5, 0.6) is 0 Å². The molecule has 0 bridgehead atoms. The van der Waals surface area contributed by atoms with Crippen LogP contribution >= 0.6 is 0 Å². The molecule has 98 valence electrons. The van der Waals surface area contributed by atoms with Crippen molar-refractivity contribution in [1.82, 2.24) is 10.2 Å². The minimum absolute atomic E-state index is 0.0342. The Balaban J connectivity index is 2.35. The summed E-state index contributed by atoms with van der Waals surface area (Å²) in [7, 11) is 0. The minimum atomic E-state index is 0.0342. The molecule has 1 aliphatic rings. The second kappa shape index (κ2) is 6.62. The minimum Gasteiger partial charge on any atom is -0.356 e. The number of hydrogen-bond donors (Lipinski definition) is 1. The zero-order chi connectivity index (χ0) is 12.8. The molecule has 1 atom stereocenters. The van der Waals surface area contributed by atoms with Crippen LogP contribution < -0.4 is 5.32 Å². The average Bonchev–Trinajstić information content (AvgIpc) is 2.35. The molecule has 2 amide bonds. The van der Waals surface area contributed by atoms with Gasteiger partial charge in [0.2, 0.25) is 11.8 Å². The Morgan fingerprint density at radius 2 is 2.12 bits per heavy atom. The van der Waals surface area contributed by atoms with Gasteiger partial charge < -0.3 is 10.2 Å². The average molecular weight is 240 g/mol. The van der Waals surface area contributed by atoms with E-state index in [0.29, 0.717) is 18.9 Å². The van der Waals surface area contributed by atoms with Crippen LogP contribution in [-0.2, 0) is 9.59 Å². The normalized spacial score (nSPS) is 20.5. The SMILES string of the molecule is CCC(=O)N1CCC[C@@H](CNC(=O)C(C)C)C1. The van der Waals surface area contributed by atoms with Crippen LogP contribution in [0.4, 0.5) is 0 Å². The van der Waals surface area contributed by atoms with E-state index in [1.54, 1.807) is 0 Å². The number of carbonyl (C=O) groups excluding carboxylic acids is 2. The van der Waals surface area contributed by atoms with Crippen molar-refractivity contribution in [2.24, 2.45) is 11.8 Å². The molecule has 17 heavy (non-hydrogen) atoms. The van der Waals surface area contributed by atoms with E-state index >= 15 is 0 Å². The molecule has 4 nitrogen and oxygen atoms in total. The maximum Gasteiger partial charge on any atom is 0.222 e. The number of piperidine rings is 1. The Morgan fingerprint density at radius 3 is 2.71 bits per heavy atom. The highest BCUT2D eigenvalue weighted by Gasteiger charge is 2.23. The summed E-state index contributed by atoms with van der Waals surface area (Å²) in [4.78, 5) is 25.0. The zero-order valence-corrected chi connectivity index (χ0v) is 11.2. The number of nitrogens with one attached hydrogen (secondary N) is 1. The number of hydrogen-bond acceptors (Lipinski definition) is 2. The molecular formula is C13H24N2O2. The van der Waals surface area contributed by atoms with E-state index in [2.05, 4.69) is 5.32 Å². The van der Waals surface area contributed by atoms with Gasteiger partial charge in [-0.25, -0.2) is 0 Å². The van der Waals surface area contributed by atoms with Gasteiger partial charge in [-0.15, -0.1) is 0 Å². The third-order valence-corrected chi connectivity index (χ3v) is 3.26. The van der Waals surface area contributed by atoms with Gasteiger partial charge in [-0.2, -0.15) is 0 Å². The van der Waals surface area contributed by atoms with Gasteiger partial charge >= 0.3 is 0 Å². The van der Waals surface area contributed by atoms with Crippen molar-refractivity contribution in [3.05, 3.63) is 0 Å². The number of amides is 2. The van der Waals surface area contributed by atoms with Crippen molar-refractivity contribution in [2.45, 2.75) is 40.0 Å². The molecule has 0 radical (unpaired) electrons. The first-order chi connectivity index (χ1) is 8.04. The van der Waals surface area contributed by atoms with E-state index in [-0.39, 0.29) is 17.7 Å². The Morgan fingerprint density at radius 1 is 1.41 bits per heavy atom. The molecule has 0 saturated carbocycles. The molecule has 4 heteroatoms. The molecule has 1 rings (SSSR count). The first-order valence-electron chi connectivity index (χ1n) is 6.60. The van der Waals surface area contributed by atoms with E-state index in [1.165, 1.54) is 0 Å². The lowest BCUT2D eigenvalue weighted by molar-refractivity contribution is -0.132. The summed E-state index contributed by atoms with van der Waals surface area (Å²) in [5, 5.41) is 2.95. The molecule has 0 unspecified atom stereocenters. The maximum atomic E-state index is 11.6. The fourth-order valence-electron chi connectivity index (χ4n) is 2.13. The first kappa shape index (κ1) is 14.0. The number of likely N-dealkylation sites (tertiary alicyclic amines) is 1. The van der Waals surface area contributed by atoms with Crippen molar-refractivity contribution in [3.8, 4) is 0 Å². The van der Waals surface area contributed by atoms with Crippen molar-refractivity contribution in [2.75, 3.05) is 19.6 Å². The van der Waals surface area contributed by atoms with Gasteiger partial charge in [0, 0.05) is 32.0 Å². The second-order valence-electron chi connectivity index (χ2n) is 5.10. The van der Waals surface area contributed by atoms with Crippen molar-refractivity contribution in [3.63, 3.8) is 0 Å². The maximum absolute atomic E-state index is 11.6. The lowest BCUT2D eigenvalue weighted by Gasteiger charge is -2.32. The quantitative estimate of drug-likeness (QED) is 0.807. The van der Waals surface area contributed by atoms with Gasteiger partial charge in [0.15, 0.2) is 0 Å². The predicted octanol–water partition coefficient (Wildman–Crippen LogP) is 1.41. The highest BCUT2D eigenvalue weighted by atomic mass is 16.2. The molecule has 1 fully saturated rings. The molecule has 0 spiro atoms. The van der Waals surface area contributed by atoms with Gasteiger partial charge in [-0.1, -0.05) is 20.8 Å². The van der Waals surface area contributed by atoms with Crippen LogP contribution in [0.15, 0.2) is 0 Å². The zero-order valence-electron chi connectivity index (χ0n) is 11.2. The van der Waals surface area contributed by atoms with Gasteiger partial charge in [0.1, 0.15) is 0 Å². The molecule has 0 aromatic rings. The molecule has 0 aliphatic carbocycles. The number of rotatable bonds is 4. The Kier molecular flexibility index (Phi) is 5.45. The Hall–Kier alpha value is -1.06. The highest BCUT2D eigenvalue weighted by Crippen LogP contribution is 2.16. The molecule has 0 aromatic carbocycles. The molecular weight excluding hydrogens is 216 g/mol. The monoisotopic (exact) mass is 240 g/mol. The summed E-state index contributed by atoms with van der Waals surface area (Å²) >= 11 is 0. The third-order valence-electron chi connectivity index (χ3n) is 3.26. The smallest absolute Gasteiger partial charge is 0.222 e. The fourth-order valence-corrected chi connectivity index (χ4v) is 2.13. The van der Waals surface area contributed by atoms with Crippen LogP contribution in [-0.4, -0.2) is 36.3 Å². The number of carbonyl (C=O) groups is 2. The fraction of sp³-hybridized carbons (Fsp3) is 0.846. The van der Waals surface area contributed by atoms with E-state index in [1.807, 2.05) is 25.7 Å². The van der Waals surface area contributed by atoms with E-state index in [0.717, 1.165) is 25.9 Å². The molecule has 0 aromatic heterocycles. The summed E-state index contributed by atoms with van der Waals surface area (Å²) in [6.07, 6.45) is 2.73. The summed E-state index contributed by atoms with van der Waals surface area (Å²) < 4.78 is 0. The van der Waals surface area contributed by atoms with Crippen LogP contribution in [0.3, 0.4) is 0 Å². The third kappa shape index (κ3) is 4.36. The van der Waals surface area contributed by atoms with Crippen LogP contribution in [0.2, 0.25) is 0 Å². The molecule has 1 saturated heterocycles. The van der Waals surface area contributed by atoms with E-state index in [4.69, 9.17) is 0 Å². The standard InChI is InChI=1S/C13H24N2O2/c1-4-12(16)15-7-5-6-11(9-15)8-14-13(17)10(2)3/h10-11H,4-9H2,1-3H3,(H,14,17)/t11-/m0/s1. The Labute approximate surface area is 104 Å². The summed E-state index contributed by atoms with van der Waals surface area (Å²) in [5.41, 5.74) is 0. The number of nitrogens with zero attached hydrogens (tertiary/aromatic N) is 1. The van der Waals surface area contributed by atoms with E-state index < -0.39 is 0 Å². The van der Waals surface area contributed by atoms with Gasteiger partial charge in [-0.3, -0.25) is 9.59 Å². The second-order valence-corrected chi connectivity index (χ2v) is 5.10. The lowest BCUT2D eigenvalue weighted by atomic mass is 9.97. The van der Waals surface area contributed by atoms with E-state index in [9.17, 15) is 9.59 Å². The van der Waals surface area contributed by atoms with Crippen molar-refractivity contribution >= 4 is 11.8 Å². The molecule has 1 N–H and O–H groups in total. The van der Waals surface area contributed by atoms with Crippen LogP contribution in [0.25, 0.3) is 0 Å². The van der Waals surface area contributed by atoms with Gasteiger partial charge in [0.05, 0.1) is 0 Å². The summed E-state index contributed by atoms with van der Waals surface area (Å²) in [6, 6.07) is 0. The Bertz CT molecular complexity index is 277.